The maximum Gasteiger partial charge on any atom is 0.325 e. The van der Waals surface area contributed by atoms with Gasteiger partial charge in [-0.2, -0.15) is 4.99 Å². The number of benzene rings is 2. The van der Waals surface area contributed by atoms with E-state index in [4.69, 9.17) is 32.7 Å². The van der Waals surface area contributed by atoms with E-state index < -0.39 is 11.9 Å². The van der Waals surface area contributed by atoms with Gasteiger partial charge in [0.2, 0.25) is 0 Å². The Bertz CT molecular complexity index is 1170. The molecule has 0 aliphatic heterocycles. The van der Waals surface area contributed by atoms with Crippen molar-refractivity contribution < 1.29 is 19.1 Å². The normalized spacial score (nSPS) is 11.7. The second kappa shape index (κ2) is 8.98. The first-order chi connectivity index (χ1) is 13.8. The fourth-order valence-electron chi connectivity index (χ4n) is 2.62. The van der Waals surface area contributed by atoms with Crippen LogP contribution in [0.1, 0.15) is 11.1 Å². The average molecular weight is 453 g/mol. The van der Waals surface area contributed by atoms with Gasteiger partial charge in [-0.25, -0.2) is 0 Å². The topological polar surface area (TPSA) is 69.9 Å². The highest BCUT2D eigenvalue weighted by molar-refractivity contribution is 7.16. The lowest BCUT2D eigenvalue weighted by Crippen LogP contribution is -2.23. The quantitative estimate of drug-likeness (QED) is 0.540. The summed E-state index contributed by atoms with van der Waals surface area (Å²) in [6.07, 6.45) is 0. The number of ether oxygens (including phenoxy) is 2. The standard InChI is InChI=1S/C20H18Cl2N2O4S/c1-11-6-15-17(7-12(11)2)29-20(24(15)9-19(26)27-3)23-18(25)10-28-16-5-4-13(21)8-14(16)22/h4-8H,9-10H2,1-3H3. The van der Waals surface area contributed by atoms with Crippen LogP contribution in [0.15, 0.2) is 35.3 Å². The minimum atomic E-state index is -0.505. The fraction of sp³-hybridized carbons (Fsp3) is 0.250. The van der Waals surface area contributed by atoms with E-state index in [1.54, 1.807) is 16.7 Å². The van der Waals surface area contributed by atoms with E-state index in [2.05, 4.69) is 4.99 Å². The second-order valence-electron chi connectivity index (χ2n) is 6.32. The van der Waals surface area contributed by atoms with Crippen molar-refractivity contribution in [1.29, 1.82) is 0 Å². The van der Waals surface area contributed by atoms with E-state index in [1.807, 2.05) is 26.0 Å². The first kappa shape index (κ1) is 21.4. The van der Waals surface area contributed by atoms with Gasteiger partial charge in [-0.15, -0.1) is 0 Å². The molecular formula is C20H18Cl2N2O4S. The number of hydrogen-bond acceptors (Lipinski definition) is 5. The van der Waals surface area contributed by atoms with E-state index >= 15 is 0 Å². The van der Waals surface area contributed by atoms with Gasteiger partial charge in [0.05, 0.1) is 22.3 Å². The Morgan fingerprint density at radius 3 is 2.55 bits per heavy atom. The summed E-state index contributed by atoms with van der Waals surface area (Å²) in [7, 11) is 1.32. The lowest BCUT2D eigenvalue weighted by Gasteiger charge is -2.06. The van der Waals surface area contributed by atoms with Gasteiger partial charge >= 0.3 is 5.97 Å². The van der Waals surface area contributed by atoms with Gasteiger partial charge in [-0.05, 0) is 55.3 Å². The summed E-state index contributed by atoms with van der Waals surface area (Å²) in [5.74, 6) is -0.597. The van der Waals surface area contributed by atoms with Gasteiger partial charge in [0, 0.05) is 5.02 Å². The van der Waals surface area contributed by atoms with Gasteiger partial charge in [0.15, 0.2) is 11.4 Å². The molecule has 1 amide bonds. The lowest BCUT2D eigenvalue weighted by molar-refractivity contribution is -0.141. The Morgan fingerprint density at radius 1 is 1.14 bits per heavy atom. The number of carbonyl (C=O) groups is 2. The van der Waals surface area contributed by atoms with Crippen molar-refractivity contribution in [3.05, 3.63) is 56.3 Å². The summed E-state index contributed by atoms with van der Waals surface area (Å²) in [5, 5.41) is 0.775. The minimum absolute atomic E-state index is 0.0466. The third-order valence-electron chi connectivity index (χ3n) is 4.28. The number of esters is 1. The molecule has 9 heteroatoms. The number of fused-ring (bicyclic) bond motifs is 1. The van der Waals surface area contributed by atoms with E-state index in [-0.39, 0.29) is 13.2 Å². The van der Waals surface area contributed by atoms with Crippen molar-refractivity contribution in [3.63, 3.8) is 0 Å². The largest absolute Gasteiger partial charge is 0.482 e. The second-order valence-corrected chi connectivity index (χ2v) is 8.17. The molecule has 0 spiro atoms. The zero-order valence-electron chi connectivity index (χ0n) is 16.0. The van der Waals surface area contributed by atoms with Gasteiger partial charge in [-0.1, -0.05) is 34.5 Å². The SMILES string of the molecule is COC(=O)Cn1c(=NC(=O)COc2ccc(Cl)cc2Cl)sc2cc(C)c(C)cc21. The summed E-state index contributed by atoms with van der Waals surface area (Å²) in [4.78, 5) is 28.8. The summed E-state index contributed by atoms with van der Waals surface area (Å²) in [6, 6.07) is 8.71. The van der Waals surface area contributed by atoms with Crippen molar-refractivity contribution in [2.75, 3.05) is 13.7 Å². The zero-order valence-corrected chi connectivity index (χ0v) is 18.3. The number of methoxy groups -OCH3 is 1. The molecule has 0 saturated carbocycles. The fourth-order valence-corrected chi connectivity index (χ4v) is 4.21. The minimum Gasteiger partial charge on any atom is -0.482 e. The Balaban J connectivity index is 1.93. The van der Waals surface area contributed by atoms with Crippen LogP contribution in [0.2, 0.25) is 10.0 Å². The van der Waals surface area contributed by atoms with E-state index in [0.717, 1.165) is 21.3 Å². The molecule has 6 nitrogen and oxygen atoms in total. The molecule has 0 aliphatic carbocycles. The number of thiazole rings is 1. The molecule has 1 heterocycles. The predicted octanol–water partition coefficient (Wildman–Crippen LogP) is 4.31. The highest BCUT2D eigenvalue weighted by Gasteiger charge is 2.13. The van der Waals surface area contributed by atoms with Crippen molar-refractivity contribution in [2.45, 2.75) is 20.4 Å². The van der Waals surface area contributed by atoms with E-state index in [1.165, 1.54) is 24.5 Å². The molecule has 0 unspecified atom stereocenters. The number of nitrogens with zero attached hydrogens (tertiary/aromatic N) is 2. The Hall–Kier alpha value is -2.35. The van der Waals surface area contributed by atoms with Crippen LogP contribution in [-0.4, -0.2) is 30.2 Å². The monoisotopic (exact) mass is 452 g/mol. The molecule has 1 aromatic heterocycles. The number of rotatable bonds is 5. The third kappa shape index (κ3) is 4.98. The lowest BCUT2D eigenvalue weighted by atomic mass is 10.1. The van der Waals surface area contributed by atoms with Crippen molar-refractivity contribution in [2.24, 2.45) is 4.99 Å². The van der Waals surface area contributed by atoms with Gasteiger partial charge in [0.25, 0.3) is 5.91 Å². The first-order valence-corrected chi connectivity index (χ1v) is 10.2. The molecule has 3 aromatic rings. The smallest absolute Gasteiger partial charge is 0.325 e. The maximum atomic E-state index is 12.4. The Kier molecular flexibility index (Phi) is 6.62. The average Bonchev–Trinajstić information content (AvgIpc) is 2.97. The highest BCUT2D eigenvalue weighted by Crippen LogP contribution is 2.27. The number of carbonyl (C=O) groups excluding carboxylic acids is 2. The maximum absolute atomic E-state index is 12.4. The number of aromatic nitrogens is 1. The zero-order chi connectivity index (χ0) is 21.1. The van der Waals surface area contributed by atoms with Crippen LogP contribution in [-0.2, 0) is 20.9 Å². The molecule has 0 aliphatic rings. The summed E-state index contributed by atoms with van der Waals surface area (Å²) in [5.41, 5.74) is 3.01. The van der Waals surface area contributed by atoms with Crippen molar-refractivity contribution in [3.8, 4) is 5.75 Å². The molecule has 152 valence electrons. The van der Waals surface area contributed by atoms with E-state index in [0.29, 0.717) is 20.6 Å². The van der Waals surface area contributed by atoms with Crippen molar-refractivity contribution >= 4 is 56.6 Å². The number of amides is 1. The molecule has 0 radical (unpaired) electrons. The summed E-state index contributed by atoms with van der Waals surface area (Å²) in [6.45, 7) is 3.65. The summed E-state index contributed by atoms with van der Waals surface area (Å²) < 4.78 is 12.8. The van der Waals surface area contributed by atoms with Crippen molar-refractivity contribution in [1.82, 2.24) is 4.57 Å². The molecule has 0 atom stereocenters. The highest BCUT2D eigenvalue weighted by atomic mass is 35.5. The van der Waals surface area contributed by atoms with Crippen LogP contribution in [0.5, 0.6) is 5.75 Å². The molecule has 0 saturated heterocycles. The Labute approximate surface area is 181 Å². The van der Waals surface area contributed by atoms with Crippen LogP contribution in [0.25, 0.3) is 10.2 Å². The molecule has 29 heavy (non-hydrogen) atoms. The molecular weight excluding hydrogens is 435 g/mol. The predicted molar refractivity (Wildman–Crippen MR) is 114 cm³/mol. The molecule has 0 N–H and O–H groups in total. The summed E-state index contributed by atoms with van der Waals surface area (Å²) >= 11 is 13.2. The number of aryl methyl sites for hydroxylation is 2. The molecule has 3 rings (SSSR count). The van der Waals surface area contributed by atoms with Crippen LogP contribution in [0.3, 0.4) is 0 Å². The first-order valence-electron chi connectivity index (χ1n) is 8.61. The molecule has 0 fully saturated rings. The van der Waals surface area contributed by atoms with Gasteiger partial charge < -0.3 is 14.0 Å². The van der Waals surface area contributed by atoms with Crippen LogP contribution >= 0.6 is 34.5 Å². The van der Waals surface area contributed by atoms with Crippen LogP contribution in [0.4, 0.5) is 0 Å². The van der Waals surface area contributed by atoms with Gasteiger partial charge in [0.1, 0.15) is 12.3 Å². The number of hydrogen-bond donors (Lipinski definition) is 0. The molecule has 2 aromatic carbocycles. The van der Waals surface area contributed by atoms with Crippen LogP contribution in [0, 0.1) is 13.8 Å². The van der Waals surface area contributed by atoms with Crippen LogP contribution < -0.4 is 9.54 Å². The van der Waals surface area contributed by atoms with Gasteiger partial charge in [-0.3, -0.25) is 9.59 Å². The van der Waals surface area contributed by atoms with E-state index in [9.17, 15) is 9.59 Å². The number of halogens is 2. The molecule has 0 bridgehead atoms. The third-order valence-corrected chi connectivity index (χ3v) is 5.85. The Morgan fingerprint density at radius 2 is 1.86 bits per heavy atom.